The number of unbranched alkanes of at least 4 members (excludes halogenated alkanes) is 1. The van der Waals surface area contributed by atoms with Crippen molar-refractivity contribution in [3.05, 3.63) is 35.9 Å². The molecule has 0 aromatic heterocycles. The lowest BCUT2D eigenvalue weighted by molar-refractivity contribution is -0.141. The van der Waals surface area contributed by atoms with E-state index in [-0.39, 0.29) is 82.4 Å². The number of carboxylic acid groups (broad SMARTS) is 1. The molecule has 6 amide bonds. The van der Waals surface area contributed by atoms with Gasteiger partial charge in [0.2, 0.25) is 23.6 Å². The van der Waals surface area contributed by atoms with Gasteiger partial charge in [0.15, 0.2) is 0 Å². The highest BCUT2D eigenvalue weighted by atomic mass is 16.6. The van der Waals surface area contributed by atoms with Crippen LogP contribution >= 0.6 is 0 Å². The summed E-state index contributed by atoms with van der Waals surface area (Å²) in [6, 6.07) is 1.79. The Balaban J connectivity index is 1.72. The van der Waals surface area contributed by atoms with Crippen molar-refractivity contribution in [3.8, 4) is 5.75 Å². The molecule has 2 rings (SSSR count). The van der Waals surface area contributed by atoms with E-state index in [1.165, 1.54) is 19.1 Å². The van der Waals surface area contributed by atoms with E-state index >= 15 is 0 Å². The summed E-state index contributed by atoms with van der Waals surface area (Å²) in [6.07, 6.45) is 3.82. The van der Waals surface area contributed by atoms with Crippen LogP contribution in [0.5, 0.6) is 5.75 Å². The maximum atomic E-state index is 13.5. The van der Waals surface area contributed by atoms with Crippen LogP contribution in [0.25, 0.3) is 0 Å². The molecule has 1 aliphatic heterocycles. The van der Waals surface area contributed by atoms with Crippen molar-refractivity contribution in [1.29, 1.82) is 0 Å². The first-order chi connectivity index (χ1) is 31.7. The molecule has 0 spiro atoms. The lowest BCUT2D eigenvalue weighted by Crippen LogP contribution is -2.51. The Morgan fingerprint density at radius 3 is 1.85 bits per heavy atom. The summed E-state index contributed by atoms with van der Waals surface area (Å²) >= 11 is 0. The molecular formula is C44H70N6O16. The number of nitrogens with zero attached hydrogens (tertiary/aromatic N) is 1. The Morgan fingerprint density at radius 2 is 1.29 bits per heavy atom. The third kappa shape index (κ3) is 25.6. The van der Waals surface area contributed by atoms with Crippen molar-refractivity contribution in [1.82, 2.24) is 20.9 Å². The number of carboxylic acids is 1. The van der Waals surface area contributed by atoms with Crippen LogP contribution < -0.4 is 27.0 Å². The van der Waals surface area contributed by atoms with Gasteiger partial charge in [0, 0.05) is 44.8 Å². The normalized spacial score (nSPS) is 14.2. The number of ether oxygens (including phenoxy) is 7. The Bertz CT molecular complexity index is 1660. The number of methoxy groups -OCH3 is 1. The van der Waals surface area contributed by atoms with Gasteiger partial charge < -0.3 is 70.4 Å². The molecule has 1 aromatic carbocycles. The third-order valence-corrected chi connectivity index (χ3v) is 9.75. The molecule has 66 heavy (non-hydrogen) atoms. The lowest BCUT2D eigenvalue weighted by Gasteiger charge is -2.22. The van der Waals surface area contributed by atoms with E-state index in [1.807, 2.05) is 0 Å². The molecule has 4 atom stereocenters. The topological polar surface area (TPSA) is 302 Å². The smallest absolute Gasteiger partial charge is 0.306 e. The molecule has 1 heterocycles. The molecule has 372 valence electrons. The van der Waals surface area contributed by atoms with Gasteiger partial charge in [-0.15, -0.1) is 0 Å². The summed E-state index contributed by atoms with van der Waals surface area (Å²) in [7, 11) is 1.62. The number of rotatable bonds is 39. The molecule has 1 aromatic rings. The molecule has 0 aliphatic carbocycles. The number of benzene rings is 1. The zero-order valence-corrected chi connectivity index (χ0v) is 38.4. The van der Waals surface area contributed by atoms with Crippen molar-refractivity contribution in [2.75, 3.05) is 111 Å². The molecule has 0 radical (unpaired) electrons. The van der Waals surface area contributed by atoms with Gasteiger partial charge in [-0.25, -0.2) is 0 Å². The van der Waals surface area contributed by atoms with Crippen LogP contribution in [-0.4, -0.2) is 181 Å². The van der Waals surface area contributed by atoms with Gasteiger partial charge in [-0.1, -0.05) is 13.0 Å². The number of aromatic hydroxyl groups is 1. The minimum Gasteiger partial charge on any atom is -0.506 e. The second-order valence-corrected chi connectivity index (χ2v) is 15.3. The van der Waals surface area contributed by atoms with Gasteiger partial charge in [0.05, 0.1) is 90.9 Å². The van der Waals surface area contributed by atoms with E-state index in [0.717, 1.165) is 17.1 Å². The maximum absolute atomic E-state index is 13.5. The average Bonchev–Trinajstić information content (AvgIpc) is 3.60. The summed E-state index contributed by atoms with van der Waals surface area (Å²) in [5.74, 6) is -5.01. The quantitative estimate of drug-likeness (QED) is 0.0260. The number of amides is 6. The van der Waals surface area contributed by atoms with Crippen molar-refractivity contribution in [2.24, 2.45) is 11.7 Å². The first-order valence-corrected chi connectivity index (χ1v) is 22.2. The molecular weight excluding hydrogens is 869 g/mol. The molecule has 22 nitrogen and oxygen atoms in total. The maximum Gasteiger partial charge on any atom is 0.306 e. The number of anilines is 1. The predicted molar refractivity (Wildman–Crippen MR) is 238 cm³/mol. The van der Waals surface area contributed by atoms with E-state index in [0.29, 0.717) is 84.5 Å². The van der Waals surface area contributed by atoms with Gasteiger partial charge in [-0.3, -0.25) is 38.5 Å². The van der Waals surface area contributed by atoms with Gasteiger partial charge in [-0.2, -0.15) is 0 Å². The van der Waals surface area contributed by atoms with Gasteiger partial charge >= 0.3 is 5.97 Å². The van der Waals surface area contributed by atoms with E-state index in [4.69, 9.17) is 38.9 Å². The van der Waals surface area contributed by atoms with E-state index < -0.39 is 59.5 Å². The summed E-state index contributed by atoms with van der Waals surface area (Å²) in [5, 5.41) is 30.2. The van der Waals surface area contributed by atoms with E-state index in [9.17, 15) is 43.8 Å². The number of hydrogen-bond acceptors (Lipinski definition) is 16. The standard InChI is InChI=1S/C44H70N6O16/c1-31(44(58)59)27-34(45)28-33-9-10-37(51)36(29-33)49-42(56)32(2)47-43(57)35(48-38(52)8-6-14-50-40(54)11-12-41(50)55)7-4-5-13-46-39(53)30-66-26-25-65-24-23-64-22-21-63-20-19-62-18-17-61-16-15-60-3/h9-12,29,31-32,34-35,51H,4-8,13-28,30,45H2,1-3H3,(H,46,53)(H,47,57)(H,48,52)(H,49,56)(H,58,59)/t31?,32-,34+,35-/m0/s1. The average molecular weight is 939 g/mol. The monoisotopic (exact) mass is 938 g/mol. The highest BCUT2D eigenvalue weighted by Gasteiger charge is 2.26. The molecule has 0 saturated carbocycles. The van der Waals surface area contributed by atoms with E-state index in [2.05, 4.69) is 21.3 Å². The fraction of sp³-hybridized carbons (Fsp3) is 0.659. The Labute approximate surface area is 385 Å². The summed E-state index contributed by atoms with van der Waals surface area (Å²) in [5.41, 5.74) is 6.84. The number of carbonyl (C=O) groups excluding carboxylic acids is 6. The first-order valence-electron chi connectivity index (χ1n) is 22.2. The molecule has 0 bridgehead atoms. The number of aliphatic carboxylic acids is 1. The summed E-state index contributed by atoms with van der Waals surface area (Å²) in [6.45, 7) is 8.07. The van der Waals surface area contributed by atoms with Gasteiger partial charge in [0.1, 0.15) is 24.4 Å². The number of phenolic OH excluding ortho intramolecular Hbond substituents is 1. The number of imide groups is 1. The zero-order valence-electron chi connectivity index (χ0n) is 38.4. The predicted octanol–water partition coefficient (Wildman–Crippen LogP) is 0.0385. The van der Waals surface area contributed by atoms with Crippen LogP contribution in [0.4, 0.5) is 5.69 Å². The van der Waals surface area contributed by atoms with Crippen LogP contribution in [0.3, 0.4) is 0 Å². The van der Waals surface area contributed by atoms with Crippen LogP contribution in [0.1, 0.15) is 57.9 Å². The highest BCUT2D eigenvalue weighted by molar-refractivity contribution is 6.12. The Hall–Kier alpha value is -5.07. The number of nitrogens with one attached hydrogen (secondary N) is 4. The third-order valence-electron chi connectivity index (χ3n) is 9.75. The van der Waals surface area contributed by atoms with Crippen molar-refractivity contribution < 1.29 is 76.9 Å². The van der Waals surface area contributed by atoms with Crippen LogP contribution in [0, 0.1) is 5.92 Å². The Kier molecular flexibility index (Phi) is 29.6. The molecule has 22 heteroatoms. The number of carbonyl (C=O) groups is 7. The number of hydrogen-bond donors (Lipinski definition) is 7. The van der Waals surface area contributed by atoms with Crippen LogP contribution in [0.2, 0.25) is 0 Å². The largest absolute Gasteiger partial charge is 0.506 e. The molecule has 0 saturated heterocycles. The van der Waals surface area contributed by atoms with Gasteiger partial charge in [-0.05, 0) is 63.1 Å². The summed E-state index contributed by atoms with van der Waals surface area (Å²) in [4.78, 5) is 87.9. The minimum atomic E-state index is -1.12. The second-order valence-electron chi connectivity index (χ2n) is 15.3. The second kappa shape index (κ2) is 34.3. The fourth-order valence-electron chi connectivity index (χ4n) is 6.12. The molecule has 1 unspecified atom stereocenters. The highest BCUT2D eigenvalue weighted by Crippen LogP contribution is 2.25. The lowest BCUT2D eigenvalue weighted by atomic mass is 9.96. The number of phenols is 1. The SMILES string of the molecule is COCCOCCOCCOCCOCCOCCOCC(=O)NCCCC[C@H](NC(=O)CCCN1C(=O)C=CC1=O)C(=O)N[C@@H](C)C(=O)Nc1cc(C[C@H](N)CC(C)C(=O)O)ccc1O. The molecule has 1 aliphatic rings. The minimum absolute atomic E-state index is 0.0152. The van der Waals surface area contributed by atoms with Crippen molar-refractivity contribution in [2.45, 2.75) is 76.9 Å². The molecule has 0 fully saturated rings. The number of nitrogens with two attached hydrogens (primary N) is 1. The Morgan fingerprint density at radius 1 is 0.727 bits per heavy atom. The van der Waals surface area contributed by atoms with E-state index in [1.54, 1.807) is 20.1 Å². The summed E-state index contributed by atoms with van der Waals surface area (Å²) < 4.78 is 37.3. The van der Waals surface area contributed by atoms with Crippen molar-refractivity contribution >= 4 is 47.1 Å². The van der Waals surface area contributed by atoms with Crippen LogP contribution in [-0.2, 0) is 73.1 Å². The van der Waals surface area contributed by atoms with Crippen molar-refractivity contribution in [3.63, 3.8) is 0 Å². The van der Waals surface area contributed by atoms with Gasteiger partial charge in [0.25, 0.3) is 11.8 Å². The first kappa shape index (κ1) is 57.1. The molecule has 8 N–H and O–H groups in total. The zero-order chi connectivity index (χ0) is 48.5. The van der Waals surface area contributed by atoms with Crippen LogP contribution in [0.15, 0.2) is 30.4 Å². The fourth-order valence-corrected chi connectivity index (χ4v) is 6.12.